The lowest BCUT2D eigenvalue weighted by atomic mass is 10.1. The van der Waals surface area contributed by atoms with Crippen LogP contribution >= 0.6 is 23.2 Å². The molecule has 16 heavy (non-hydrogen) atoms. The van der Waals surface area contributed by atoms with E-state index < -0.39 is 0 Å². The smallest absolute Gasteiger partial charge is 0.295 e. The number of halogens is 2. The number of anilines is 1. The Hall–Kier alpha value is -1.19. The molecule has 1 aromatic heterocycles. The largest absolute Gasteiger partial charge is 0.428 e. The van der Waals surface area contributed by atoms with Gasteiger partial charge in [0.2, 0.25) is 0 Å². The highest BCUT2D eigenvalue weighted by molar-refractivity contribution is 6.36. The van der Waals surface area contributed by atoms with Gasteiger partial charge in [-0.3, -0.25) is 0 Å². The molecule has 0 aliphatic heterocycles. The Balaban J connectivity index is 2.53. The average Bonchev–Trinajstić information content (AvgIpc) is 2.60. The van der Waals surface area contributed by atoms with Gasteiger partial charge >= 0.3 is 0 Å². The highest BCUT2D eigenvalue weighted by atomic mass is 35.5. The Labute approximate surface area is 103 Å². The molecule has 0 spiro atoms. The van der Waals surface area contributed by atoms with Crippen LogP contribution in [0.15, 0.2) is 22.6 Å². The number of hydrogen-bond donors (Lipinski definition) is 1. The molecule has 0 aliphatic rings. The van der Waals surface area contributed by atoms with E-state index in [2.05, 4.69) is 10.3 Å². The molecule has 0 saturated carbocycles. The van der Waals surface area contributed by atoms with E-state index in [1.54, 1.807) is 19.2 Å². The number of rotatable bonds is 2. The maximum Gasteiger partial charge on any atom is 0.295 e. The number of hydrogen-bond acceptors (Lipinski definition) is 3. The predicted molar refractivity (Wildman–Crippen MR) is 66.2 cm³/mol. The van der Waals surface area contributed by atoms with Gasteiger partial charge in [0, 0.05) is 17.6 Å². The molecule has 0 fully saturated rings. The lowest BCUT2D eigenvalue weighted by Crippen LogP contribution is -1.87. The molecular formula is C11H10Cl2N2O. The number of aryl methyl sites for hydroxylation is 1. The first-order valence-electron chi connectivity index (χ1n) is 4.72. The number of aromatic nitrogens is 1. The Morgan fingerprint density at radius 1 is 1.31 bits per heavy atom. The van der Waals surface area contributed by atoms with Crippen LogP contribution in [0.25, 0.3) is 11.3 Å². The van der Waals surface area contributed by atoms with Crippen molar-refractivity contribution in [2.45, 2.75) is 6.92 Å². The zero-order valence-electron chi connectivity index (χ0n) is 8.84. The van der Waals surface area contributed by atoms with Crippen LogP contribution in [0.5, 0.6) is 0 Å². The SMILES string of the molecule is CNc1nc(-c2ccc(Cl)cc2Cl)c(C)o1. The number of benzene rings is 1. The summed E-state index contributed by atoms with van der Waals surface area (Å²) in [5.74, 6) is 0.716. The fourth-order valence-electron chi connectivity index (χ4n) is 1.43. The normalized spacial score (nSPS) is 10.5. The molecule has 2 aromatic rings. The summed E-state index contributed by atoms with van der Waals surface area (Å²) in [5.41, 5.74) is 1.54. The van der Waals surface area contributed by atoms with E-state index in [0.29, 0.717) is 21.8 Å². The molecule has 0 atom stereocenters. The summed E-state index contributed by atoms with van der Waals surface area (Å²) in [6.07, 6.45) is 0. The van der Waals surface area contributed by atoms with E-state index in [-0.39, 0.29) is 0 Å². The van der Waals surface area contributed by atoms with Crippen molar-refractivity contribution >= 4 is 29.2 Å². The van der Waals surface area contributed by atoms with Crippen molar-refractivity contribution in [2.75, 3.05) is 12.4 Å². The van der Waals surface area contributed by atoms with Gasteiger partial charge in [-0.2, -0.15) is 4.98 Å². The van der Waals surface area contributed by atoms with Crippen LogP contribution in [0, 0.1) is 6.92 Å². The molecule has 0 radical (unpaired) electrons. The molecule has 0 amide bonds. The molecule has 0 aliphatic carbocycles. The summed E-state index contributed by atoms with van der Waals surface area (Å²) in [4.78, 5) is 4.28. The van der Waals surface area contributed by atoms with Crippen molar-refractivity contribution in [3.05, 3.63) is 34.0 Å². The zero-order chi connectivity index (χ0) is 11.7. The van der Waals surface area contributed by atoms with Gasteiger partial charge in [-0.25, -0.2) is 0 Å². The fraction of sp³-hybridized carbons (Fsp3) is 0.182. The Kier molecular flexibility index (Phi) is 3.08. The first-order valence-corrected chi connectivity index (χ1v) is 5.48. The summed E-state index contributed by atoms with van der Waals surface area (Å²) in [6, 6.07) is 5.76. The van der Waals surface area contributed by atoms with E-state index in [4.69, 9.17) is 27.6 Å². The fourth-order valence-corrected chi connectivity index (χ4v) is 1.93. The first kappa shape index (κ1) is 11.3. The molecule has 2 rings (SSSR count). The zero-order valence-corrected chi connectivity index (χ0v) is 10.4. The molecule has 84 valence electrons. The summed E-state index contributed by atoms with van der Waals surface area (Å²) in [5, 5.41) is 4.00. The lowest BCUT2D eigenvalue weighted by Gasteiger charge is -2.01. The van der Waals surface area contributed by atoms with Gasteiger partial charge in [0.05, 0.1) is 5.02 Å². The van der Waals surface area contributed by atoms with Gasteiger partial charge in [-0.1, -0.05) is 23.2 Å². The highest BCUT2D eigenvalue weighted by Gasteiger charge is 2.13. The molecule has 0 unspecified atom stereocenters. The van der Waals surface area contributed by atoms with Gasteiger partial charge < -0.3 is 9.73 Å². The molecule has 0 bridgehead atoms. The Morgan fingerprint density at radius 3 is 2.62 bits per heavy atom. The maximum absolute atomic E-state index is 6.10. The van der Waals surface area contributed by atoms with Crippen molar-refractivity contribution in [3.8, 4) is 11.3 Å². The molecule has 3 nitrogen and oxygen atoms in total. The van der Waals surface area contributed by atoms with Crippen LogP contribution in [-0.2, 0) is 0 Å². The minimum atomic E-state index is 0.471. The third kappa shape index (κ3) is 2.01. The third-order valence-electron chi connectivity index (χ3n) is 2.20. The summed E-state index contributed by atoms with van der Waals surface area (Å²) >= 11 is 11.9. The monoisotopic (exact) mass is 256 g/mol. The number of nitrogens with one attached hydrogen (secondary N) is 1. The average molecular weight is 257 g/mol. The third-order valence-corrected chi connectivity index (χ3v) is 2.74. The summed E-state index contributed by atoms with van der Waals surface area (Å²) < 4.78 is 5.39. The quantitative estimate of drug-likeness (QED) is 0.883. The molecule has 5 heteroatoms. The summed E-state index contributed by atoms with van der Waals surface area (Å²) in [7, 11) is 1.75. The molecule has 1 heterocycles. The molecule has 0 saturated heterocycles. The standard InChI is InChI=1S/C11H10Cl2N2O/c1-6-10(15-11(14-2)16-6)8-4-3-7(12)5-9(8)13/h3-5H,1-2H3,(H,14,15). The van der Waals surface area contributed by atoms with Crippen molar-refractivity contribution in [3.63, 3.8) is 0 Å². The predicted octanol–water partition coefficient (Wildman–Crippen LogP) is 4.00. The highest BCUT2D eigenvalue weighted by Crippen LogP contribution is 2.32. The van der Waals surface area contributed by atoms with Gasteiger partial charge in [-0.05, 0) is 25.1 Å². The Morgan fingerprint density at radius 2 is 2.06 bits per heavy atom. The number of oxazole rings is 1. The van der Waals surface area contributed by atoms with Crippen LogP contribution in [0.1, 0.15) is 5.76 Å². The molecular weight excluding hydrogens is 247 g/mol. The lowest BCUT2D eigenvalue weighted by molar-refractivity contribution is 0.544. The molecule has 1 N–H and O–H groups in total. The Bertz CT molecular complexity index is 523. The van der Waals surface area contributed by atoms with Crippen molar-refractivity contribution in [1.82, 2.24) is 4.98 Å². The minimum absolute atomic E-state index is 0.471. The van der Waals surface area contributed by atoms with Crippen molar-refractivity contribution < 1.29 is 4.42 Å². The van der Waals surface area contributed by atoms with Crippen LogP contribution in [0.4, 0.5) is 6.01 Å². The maximum atomic E-state index is 6.10. The number of nitrogens with zero attached hydrogens (tertiary/aromatic N) is 1. The molecule has 1 aromatic carbocycles. The van der Waals surface area contributed by atoms with E-state index in [1.165, 1.54) is 0 Å². The topological polar surface area (TPSA) is 38.1 Å². The summed E-state index contributed by atoms with van der Waals surface area (Å²) in [6.45, 7) is 1.84. The van der Waals surface area contributed by atoms with Gasteiger partial charge in [0.15, 0.2) is 0 Å². The van der Waals surface area contributed by atoms with Crippen molar-refractivity contribution in [2.24, 2.45) is 0 Å². The van der Waals surface area contributed by atoms with Crippen molar-refractivity contribution in [1.29, 1.82) is 0 Å². The van der Waals surface area contributed by atoms with Crippen LogP contribution in [0.3, 0.4) is 0 Å². The van der Waals surface area contributed by atoms with Gasteiger partial charge in [0.25, 0.3) is 6.01 Å². The van der Waals surface area contributed by atoms with Crippen LogP contribution in [-0.4, -0.2) is 12.0 Å². The van der Waals surface area contributed by atoms with E-state index in [0.717, 1.165) is 11.3 Å². The second-order valence-corrected chi connectivity index (χ2v) is 4.14. The van der Waals surface area contributed by atoms with Crippen LogP contribution in [0.2, 0.25) is 10.0 Å². The van der Waals surface area contributed by atoms with E-state index in [1.807, 2.05) is 13.0 Å². The van der Waals surface area contributed by atoms with E-state index in [9.17, 15) is 0 Å². The first-order chi connectivity index (χ1) is 7.61. The van der Waals surface area contributed by atoms with E-state index >= 15 is 0 Å². The van der Waals surface area contributed by atoms with Gasteiger partial charge in [0.1, 0.15) is 11.5 Å². The van der Waals surface area contributed by atoms with Gasteiger partial charge in [-0.15, -0.1) is 0 Å². The minimum Gasteiger partial charge on any atom is -0.428 e. The second-order valence-electron chi connectivity index (χ2n) is 3.30. The second kappa shape index (κ2) is 4.36. The van der Waals surface area contributed by atoms with Crippen LogP contribution < -0.4 is 5.32 Å².